The molecule has 0 spiro atoms. The fourth-order valence-corrected chi connectivity index (χ4v) is 1.50. The number of azide groups is 1. The highest BCUT2D eigenvalue weighted by atomic mass is 16.2. The second-order valence-electron chi connectivity index (χ2n) is 3.11. The normalized spacial score (nSPS) is 21.8. The summed E-state index contributed by atoms with van der Waals surface area (Å²) in [4.78, 5) is 15.7. The van der Waals surface area contributed by atoms with Gasteiger partial charge in [-0.05, 0) is 11.4 Å². The molecule has 1 rings (SSSR count). The zero-order chi connectivity index (χ0) is 9.68. The van der Waals surface area contributed by atoms with Gasteiger partial charge >= 0.3 is 0 Å². The topological polar surface area (TPSA) is 95.1 Å². The van der Waals surface area contributed by atoms with Crippen molar-refractivity contribution in [1.29, 1.82) is 0 Å². The predicted octanol–water partition coefficient (Wildman–Crippen LogP) is 0.104. The molecule has 0 saturated carbocycles. The molecule has 0 aromatic rings. The van der Waals surface area contributed by atoms with E-state index in [2.05, 4.69) is 10.0 Å². The summed E-state index contributed by atoms with van der Waals surface area (Å²) in [7, 11) is 0. The molecule has 0 aromatic heterocycles. The molecular weight excluding hydrogens is 170 g/mol. The van der Waals surface area contributed by atoms with Crippen molar-refractivity contribution in [3.05, 3.63) is 10.4 Å². The molecule has 1 amide bonds. The highest BCUT2D eigenvalue weighted by Crippen LogP contribution is 2.17. The van der Waals surface area contributed by atoms with Gasteiger partial charge in [0.05, 0.1) is 0 Å². The second kappa shape index (κ2) is 4.69. The van der Waals surface area contributed by atoms with Crippen LogP contribution in [0.4, 0.5) is 0 Å². The standard InChI is InChI=1S/C7H13N5O/c8-1-2-12-5-6(3-7(12)13)4-10-11-9/h6H,1-5,8H2. The molecule has 0 aromatic carbocycles. The lowest BCUT2D eigenvalue weighted by atomic mass is 10.1. The van der Waals surface area contributed by atoms with E-state index in [1.165, 1.54) is 0 Å². The first-order valence-electron chi connectivity index (χ1n) is 4.26. The number of amides is 1. The lowest BCUT2D eigenvalue weighted by molar-refractivity contribution is -0.127. The minimum absolute atomic E-state index is 0.114. The Hall–Kier alpha value is -1.26. The van der Waals surface area contributed by atoms with E-state index in [0.717, 1.165) is 0 Å². The summed E-state index contributed by atoms with van der Waals surface area (Å²) >= 11 is 0. The van der Waals surface area contributed by atoms with E-state index in [-0.39, 0.29) is 11.8 Å². The summed E-state index contributed by atoms with van der Waals surface area (Å²) in [6.07, 6.45) is 0.485. The molecule has 1 aliphatic heterocycles. The van der Waals surface area contributed by atoms with Gasteiger partial charge in [0.25, 0.3) is 0 Å². The van der Waals surface area contributed by atoms with E-state index in [1.807, 2.05) is 0 Å². The SMILES string of the molecule is [N-]=[N+]=NCC1CC(=O)N(CCN)C1. The van der Waals surface area contributed by atoms with Gasteiger partial charge in [-0.2, -0.15) is 0 Å². The second-order valence-corrected chi connectivity index (χ2v) is 3.11. The first-order valence-corrected chi connectivity index (χ1v) is 4.26. The molecule has 72 valence electrons. The van der Waals surface area contributed by atoms with Crippen LogP contribution in [0.2, 0.25) is 0 Å². The largest absolute Gasteiger partial charge is 0.341 e. The number of nitrogens with two attached hydrogens (primary N) is 1. The van der Waals surface area contributed by atoms with Gasteiger partial charge < -0.3 is 10.6 Å². The van der Waals surface area contributed by atoms with Crippen LogP contribution in [-0.2, 0) is 4.79 Å². The summed E-state index contributed by atoms with van der Waals surface area (Å²) in [6.45, 7) is 2.17. The summed E-state index contributed by atoms with van der Waals surface area (Å²) in [5.74, 6) is 0.290. The number of nitrogens with zero attached hydrogens (tertiary/aromatic N) is 4. The van der Waals surface area contributed by atoms with Crippen LogP contribution in [-0.4, -0.2) is 37.0 Å². The molecule has 6 heteroatoms. The molecule has 0 radical (unpaired) electrons. The van der Waals surface area contributed by atoms with E-state index in [0.29, 0.717) is 32.6 Å². The maximum Gasteiger partial charge on any atom is 0.222 e. The molecule has 6 nitrogen and oxygen atoms in total. The summed E-state index contributed by atoms with van der Waals surface area (Å²) in [5, 5.41) is 3.45. The van der Waals surface area contributed by atoms with Crippen molar-refractivity contribution in [3.8, 4) is 0 Å². The van der Waals surface area contributed by atoms with Gasteiger partial charge in [0.1, 0.15) is 0 Å². The molecular formula is C7H13N5O. The van der Waals surface area contributed by atoms with Gasteiger partial charge in [-0.15, -0.1) is 0 Å². The minimum Gasteiger partial charge on any atom is -0.341 e. The Bertz CT molecular complexity index is 235. The summed E-state index contributed by atoms with van der Waals surface area (Å²) in [5.41, 5.74) is 13.4. The van der Waals surface area contributed by atoms with E-state index < -0.39 is 0 Å². The Morgan fingerprint density at radius 2 is 2.54 bits per heavy atom. The minimum atomic E-state index is 0.114. The molecule has 0 aliphatic carbocycles. The molecule has 1 heterocycles. The third-order valence-corrected chi connectivity index (χ3v) is 2.10. The third kappa shape index (κ3) is 2.61. The molecule has 1 fully saturated rings. The zero-order valence-electron chi connectivity index (χ0n) is 7.39. The van der Waals surface area contributed by atoms with Crippen LogP contribution in [0.1, 0.15) is 6.42 Å². The van der Waals surface area contributed by atoms with Crippen LogP contribution in [0.15, 0.2) is 5.11 Å². The molecule has 2 N–H and O–H groups in total. The van der Waals surface area contributed by atoms with Crippen LogP contribution < -0.4 is 5.73 Å². The van der Waals surface area contributed by atoms with E-state index in [9.17, 15) is 4.79 Å². The Morgan fingerprint density at radius 1 is 1.77 bits per heavy atom. The number of likely N-dealkylation sites (tertiary alicyclic amines) is 1. The van der Waals surface area contributed by atoms with E-state index in [1.54, 1.807) is 4.90 Å². The lowest BCUT2D eigenvalue weighted by Gasteiger charge is -2.14. The Kier molecular flexibility index (Phi) is 3.54. The number of carbonyl (C=O) groups is 1. The van der Waals surface area contributed by atoms with Crippen molar-refractivity contribution in [1.82, 2.24) is 4.90 Å². The van der Waals surface area contributed by atoms with Crippen molar-refractivity contribution >= 4 is 5.91 Å². The average molecular weight is 183 g/mol. The van der Waals surface area contributed by atoms with Crippen LogP contribution in [0, 0.1) is 5.92 Å². The van der Waals surface area contributed by atoms with Crippen LogP contribution in [0.3, 0.4) is 0 Å². The first-order chi connectivity index (χ1) is 6.27. The monoisotopic (exact) mass is 183 g/mol. The molecule has 13 heavy (non-hydrogen) atoms. The van der Waals surface area contributed by atoms with Crippen LogP contribution in [0.25, 0.3) is 10.4 Å². The van der Waals surface area contributed by atoms with Gasteiger partial charge in [0.15, 0.2) is 0 Å². The lowest BCUT2D eigenvalue weighted by Crippen LogP contribution is -2.30. The fraction of sp³-hybridized carbons (Fsp3) is 0.857. The summed E-state index contributed by atoms with van der Waals surface area (Å²) < 4.78 is 0. The zero-order valence-corrected chi connectivity index (χ0v) is 7.39. The Labute approximate surface area is 76.3 Å². The van der Waals surface area contributed by atoms with E-state index in [4.69, 9.17) is 11.3 Å². The third-order valence-electron chi connectivity index (χ3n) is 2.10. The van der Waals surface area contributed by atoms with Crippen molar-refractivity contribution in [2.75, 3.05) is 26.2 Å². The van der Waals surface area contributed by atoms with Gasteiger partial charge in [0, 0.05) is 37.5 Å². The van der Waals surface area contributed by atoms with Gasteiger partial charge in [-0.3, -0.25) is 4.79 Å². The van der Waals surface area contributed by atoms with Crippen LogP contribution in [0.5, 0.6) is 0 Å². The van der Waals surface area contributed by atoms with Crippen molar-refractivity contribution in [3.63, 3.8) is 0 Å². The number of rotatable bonds is 4. The van der Waals surface area contributed by atoms with Gasteiger partial charge in [-0.25, -0.2) is 0 Å². The maximum absolute atomic E-state index is 11.3. The molecule has 1 atom stereocenters. The quantitative estimate of drug-likeness (QED) is 0.380. The molecule has 1 unspecified atom stereocenters. The van der Waals surface area contributed by atoms with Crippen LogP contribution >= 0.6 is 0 Å². The molecule has 1 aliphatic rings. The first kappa shape index (κ1) is 9.83. The highest BCUT2D eigenvalue weighted by molar-refractivity contribution is 5.78. The van der Waals surface area contributed by atoms with E-state index >= 15 is 0 Å². The number of hydrogen-bond acceptors (Lipinski definition) is 3. The van der Waals surface area contributed by atoms with Gasteiger partial charge in [-0.1, -0.05) is 5.11 Å². The smallest absolute Gasteiger partial charge is 0.222 e. The highest BCUT2D eigenvalue weighted by Gasteiger charge is 2.27. The van der Waals surface area contributed by atoms with Crippen molar-refractivity contribution in [2.45, 2.75) is 6.42 Å². The molecule has 0 bridgehead atoms. The predicted molar refractivity (Wildman–Crippen MR) is 47.8 cm³/mol. The summed E-state index contributed by atoms with van der Waals surface area (Å²) in [6, 6.07) is 0. The molecule has 1 saturated heterocycles. The average Bonchev–Trinajstić information content (AvgIpc) is 2.45. The fourth-order valence-electron chi connectivity index (χ4n) is 1.50. The Morgan fingerprint density at radius 3 is 3.15 bits per heavy atom. The van der Waals surface area contributed by atoms with Crippen molar-refractivity contribution < 1.29 is 4.79 Å². The number of hydrogen-bond donors (Lipinski definition) is 1. The van der Waals surface area contributed by atoms with Crippen molar-refractivity contribution in [2.24, 2.45) is 16.8 Å². The maximum atomic E-state index is 11.3. The Balaban J connectivity index is 2.40. The number of carbonyl (C=O) groups excluding carboxylic acids is 1. The van der Waals surface area contributed by atoms with Gasteiger partial charge in [0.2, 0.25) is 5.91 Å².